The van der Waals surface area contributed by atoms with Crippen LogP contribution >= 0.6 is 0 Å². The number of fused-ring (bicyclic) bond motifs is 2. The second-order valence-electron chi connectivity index (χ2n) is 5.62. The Morgan fingerprint density at radius 2 is 1.91 bits per heavy atom. The number of nitrogens with one attached hydrogen (secondary N) is 1. The number of rotatable bonds is 3. The molecule has 0 fully saturated rings. The summed E-state index contributed by atoms with van der Waals surface area (Å²) in [5, 5.41) is 3.05. The minimum absolute atomic E-state index is 0.0239. The Morgan fingerprint density at radius 3 is 2.77 bits per heavy atom. The molecule has 2 aromatic rings. The average Bonchev–Trinajstić information content (AvgIpc) is 3.16. The molecule has 0 atom stereocenters. The predicted molar refractivity (Wildman–Crippen MR) is 83.6 cm³/mol. The van der Waals surface area contributed by atoms with Crippen molar-refractivity contribution in [3.05, 3.63) is 53.1 Å². The van der Waals surface area contributed by atoms with Crippen LogP contribution in [-0.2, 0) is 24.1 Å². The molecule has 1 amide bonds. The Hall–Kier alpha value is -2.49. The summed E-state index contributed by atoms with van der Waals surface area (Å²) in [6, 6.07) is 11.8. The van der Waals surface area contributed by atoms with Crippen molar-refractivity contribution in [2.24, 2.45) is 0 Å². The van der Waals surface area contributed by atoms with E-state index in [0.717, 1.165) is 46.7 Å². The highest BCUT2D eigenvalue weighted by atomic mass is 16.5. The lowest BCUT2D eigenvalue weighted by Crippen LogP contribution is -2.16. The Labute approximate surface area is 129 Å². The summed E-state index contributed by atoms with van der Waals surface area (Å²) in [6.45, 7) is 1.33. The third kappa shape index (κ3) is 2.30. The van der Waals surface area contributed by atoms with Gasteiger partial charge in [0.1, 0.15) is 11.5 Å². The largest absolute Gasteiger partial charge is 0.493 e. The minimum atomic E-state index is -0.0239. The summed E-state index contributed by atoms with van der Waals surface area (Å²) in [5.74, 6) is 1.69. The van der Waals surface area contributed by atoms with Crippen molar-refractivity contribution >= 4 is 11.6 Å². The second kappa shape index (κ2) is 5.37. The molecule has 112 valence electrons. The Kier molecular flexibility index (Phi) is 3.22. The summed E-state index contributed by atoms with van der Waals surface area (Å²) >= 11 is 0. The Morgan fingerprint density at radius 1 is 1.09 bits per heavy atom. The van der Waals surface area contributed by atoms with Gasteiger partial charge in [-0.05, 0) is 11.6 Å². The maximum atomic E-state index is 12.4. The molecule has 0 radical (unpaired) electrons. The van der Waals surface area contributed by atoms with Crippen molar-refractivity contribution in [1.29, 1.82) is 0 Å². The van der Waals surface area contributed by atoms with Crippen LogP contribution in [0.2, 0.25) is 0 Å². The zero-order valence-corrected chi connectivity index (χ0v) is 12.2. The fourth-order valence-electron chi connectivity index (χ4n) is 3.08. The highest BCUT2D eigenvalue weighted by Crippen LogP contribution is 2.44. The van der Waals surface area contributed by atoms with Gasteiger partial charge in [-0.15, -0.1) is 0 Å². The maximum absolute atomic E-state index is 12.4. The number of benzene rings is 2. The molecule has 2 aromatic carbocycles. The molecule has 0 aromatic heterocycles. The molecule has 4 nitrogen and oxygen atoms in total. The lowest BCUT2D eigenvalue weighted by molar-refractivity contribution is -0.115. The van der Waals surface area contributed by atoms with Gasteiger partial charge in [0.05, 0.1) is 25.3 Å². The Balaban J connectivity index is 1.62. The molecule has 0 bridgehead atoms. The van der Waals surface area contributed by atoms with Crippen molar-refractivity contribution < 1.29 is 14.3 Å². The van der Waals surface area contributed by atoms with Crippen LogP contribution < -0.4 is 14.8 Å². The summed E-state index contributed by atoms with van der Waals surface area (Å²) in [6.07, 6.45) is 2.04. The molecule has 0 spiro atoms. The van der Waals surface area contributed by atoms with Crippen LogP contribution in [0.1, 0.15) is 16.7 Å². The van der Waals surface area contributed by atoms with Crippen molar-refractivity contribution in [2.45, 2.75) is 19.3 Å². The predicted octanol–water partition coefficient (Wildman–Crippen LogP) is 2.74. The molecule has 2 heterocycles. The van der Waals surface area contributed by atoms with Crippen molar-refractivity contribution in [3.8, 4) is 11.5 Å². The molecule has 22 heavy (non-hydrogen) atoms. The van der Waals surface area contributed by atoms with Gasteiger partial charge in [-0.1, -0.05) is 30.3 Å². The van der Waals surface area contributed by atoms with Crippen molar-refractivity contribution in [2.75, 3.05) is 18.5 Å². The normalized spacial score (nSPS) is 14.7. The number of ether oxygens (including phenoxy) is 2. The van der Waals surface area contributed by atoms with Crippen molar-refractivity contribution in [1.82, 2.24) is 0 Å². The fraction of sp³-hybridized carbons (Fsp3) is 0.278. The Bertz CT molecular complexity index is 693. The average molecular weight is 295 g/mol. The molecular weight excluding hydrogens is 278 g/mol. The topological polar surface area (TPSA) is 47.6 Å². The van der Waals surface area contributed by atoms with Gasteiger partial charge < -0.3 is 14.8 Å². The molecule has 2 aliphatic heterocycles. The van der Waals surface area contributed by atoms with Crippen LogP contribution in [0, 0.1) is 0 Å². The van der Waals surface area contributed by atoms with Gasteiger partial charge in [-0.25, -0.2) is 0 Å². The van der Waals surface area contributed by atoms with E-state index >= 15 is 0 Å². The first-order valence-corrected chi connectivity index (χ1v) is 7.59. The fourth-order valence-corrected chi connectivity index (χ4v) is 3.08. The zero-order chi connectivity index (χ0) is 14.9. The molecule has 4 heteroatoms. The molecule has 0 saturated carbocycles. The van der Waals surface area contributed by atoms with Crippen LogP contribution in [0.15, 0.2) is 36.4 Å². The molecule has 0 unspecified atom stereocenters. The molecular formula is C18H17NO3. The number of anilines is 1. The van der Waals surface area contributed by atoms with E-state index in [0.29, 0.717) is 19.6 Å². The van der Waals surface area contributed by atoms with Gasteiger partial charge >= 0.3 is 0 Å². The third-order valence-corrected chi connectivity index (χ3v) is 4.12. The van der Waals surface area contributed by atoms with E-state index in [4.69, 9.17) is 9.47 Å². The summed E-state index contributed by atoms with van der Waals surface area (Å²) in [7, 11) is 0. The van der Waals surface area contributed by atoms with Gasteiger partial charge in [-0.3, -0.25) is 4.79 Å². The third-order valence-electron chi connectivity index (χ3n) is 4.12. The first-order chi connectivity index (χ1) is 10.8. The zero-order valence-electron chi connectivity index (χ0n) is 12.2. The quantitative estimate of drug-likeness (QED) is 0.947. The van der Waals surface area contributed by atoms with Crippen LogP contribution in [0.4, 0.5) is 5.69 Å². The van der Waals surface area contributed by atoms with E-state index in [1.54, 1.807) is 0 Å². The summed E-state index contributed by atoms with van der Waals surface area (Å²) in [4.78, 5) is 12.4. The van der Waals surface area contributed by atoms with E-state index in [1.807, 2.05) is 30.3 Å². The number of amides is 1. The van der Waals surface area contributed by atoms with Crippen molar-refractivity contribution in [3.63, 3.8) is 0 Å². The van der Waals surface area contributed by atoms with Crippen LogP contribution in [0.3, 0.4) is 0 Å². The minimum Gasteiger partial charge on any atom is -0.493 e. The summed E-state index contributed by atoms with van der Waals surface area (Å²) in [5.41, 5.74) is 3.99. The van der Waals surface area contributed by atoms with Gasteiger partial charge in [0.15, 0.2) is 0 Å². The van der Waals surface area contributed by atoms with E-state index < -0.39 is 0 Å². The first kappa shape index (κ1) is 13.2. The SMILES string of the molecule is O=C(Cc1ccccc1)Nc1c2c(cc3c1OCC3)OCC2. The smallest absolute Gasteiger partial charge is 0.228 e. The monoisotopic (exact) mass is 295 g/mol. The first-order valence-electron chi connectivity index (χ1n) is 7.59. The molecule has 2 aliphatic rings. The molecule has 1 N–H and O–H groups in total. The van der Waals surface area contributed by atoms with E-state index in [9.17, 15) is 4.79 Å². The van der Waals surface area contributed by atoms with Gasteiger partial charge in [0, 0.05) is 24.0 Å². The number of carbonyl (C=O) groups excluding carboxylic acids is 1. The standard InChI is InChI=1S/C18H17NO3/c20-16(10-12-4-2-1-3-5-12)19-17-14-7-9-21-15(14)11-13-6-8-22-18(13)17/h1-5,11H,6-10H2,(H,19,20). The van der Waals surface area contributed by atoms with Crippen LogP contribution in [0.5, 0.6) is 11.5 Å². The second-order valence-corrected chi connectivity index (χ2v) is 5.62. The van der Waals surface area contributed by atoms with Crippen LogP contribution in [-0.4, -0.2) is 19.1 Å². The molecule has 4 rings (SSSR count). The highest BCUT2D eigenvalue weighted by molar-refractivity contribution is 5.95. The maximum Gasteiger partial charge on any atom is 0.228 e. The van der Waals surface area contributed by atoms with E-state index in [-0.39, 0.29) is 5.91 Å². The number of carbonyl (C=O) groups is 1. The highest BCUT2D eigenvalue weighted by Gasteiger charge is 2.27. The molecule has 0 aliphatic carbocycles. The number of hydrogen-bond acceptors (Lipinski definition) is 3. The summed E-state index contributed by atoms with van der Waals surface area (Å²) < 4.78 is 11.4. The van der Waals surface area contributed by atoms with E-state index in [1.165, 1.54) is 0 Å². The lowest BCUT2D eigenvalue weighted by Gasteiger charge is -2.14. The number of hydrogen-bond donors (Lipinski definition) is 1. The van der Waals surface area contributed by atoms with Gasteiger partial charge in [-0.2, -0.15) is 0 Å². The van der Waals surface area contributed by atoms with Crippen LogP contribution in [0.25, 0.3) is 0 Å². The molecule has 0 saturated heterocycles. The van der Waals surface area contributed by atoms with E-state index in [2.05, 4.69) is 11.4 Å². The van der Waals surface area contributed by atoms with Gasteiger partial charge in [0.25, 0.3) is 0 Å². The van der Waals surface area contributed by atoms with Gasteiger partial charge in [0.2, 0.25) is 5.91 Å². The lowest BCUT2D eigenvalue weighted by atomic mass is 10.0.